The van der Waals surface area contributed by atoms with Crippen LogP contribution in [0.15, 0.2) is 72.8 Å². The topological polar surface area (TPSA) is 0 Å². The summed E-state index contributed by atoms with van der Waals surface area (Å²) >= 11 is 0. The van der Waals surface area contributed by atoms with Crippen molar-refractivity contribution in [3.63, 3.8) is 0 Å². The lowest BCUT2D eigenvalue weighted by molar-refractivity contribution is 1.40. The molecule has 0 heteroatoms. The van der Waals surface area contributed by atoms with Crippen LogP contribution in [-0.2, 0) is 0 Å². The van der Waals surface area contributed by atoms with Crippen LogP contribution >= 0.6 is 0 Å². The van der Waals surface area contributed by atoms with Crippen molar-refractivity contribution in [2.45, 2.75) is 69.2 Å². The minimum atomic E-state index is 1.33. The van der Waals surface area contributed by atoms with Gasteiger partial charge in [-0.15, -0.1) is 0 Å². The molecule has 3 aromatic carbocycles. The highest BCUT2D eigenvalue weighted by atomic mass is 13.9. The lowest BCUT2D eigenvalue weighted by Crippen LogP contribution is -1.70. The van der Waals surface area contributed by atoms with Gasteiger partial charge in [0.15, 0.2) is 0 Å². The van der Waals surface area contributed by atoms with Gasteiger partial charge in [-0.05, 0) is 41.5 Å². The second-order valence-corrected chi connectivity index (χ2v) is 6.46. The molecule has 0 saturated carbocycles. The average Bonchev–Trinajstić information content (AvgIpc) is 2.73. The van der Waals surface area contributed by atoms with Crippen LogP contribution in [0.3, 0.4) is 0 Å². The molecule has 0 fully saturated rings. The van der Waals surface area contributed by atoms with Crippen molar-refractivity contribution < 1.29 is 0 Å². The maximum atomic E-state index is 2.12. The molecule has 0 amide bonds. The lowest BCUT2D eigenvalue weighted by atomic mass is 10.2. The van der Waals surface area contributed by atoms with Gasteiger partial charge in [0, 0.05) is 0 Å². The van der Waals surface area contributed by atoms with Gasteiger partial charge in [-0.1, -0.05) is 134 Å². The highest BCUT2D eigenvalue weighted by Crippen LogP contribution is 2.00. The molecule has 3 rings (SSSR count). The molecule has 154 valence electrons. The van der Waals surface area contributed by atoms with Crippen molar-refractivity contribution in [2.75, 3.05) is 0 Å². The van der Waals surface area contributed by atoms with E-state index in [-0.39, 0.29) is 0 Å². The summed E-state index contributed by atoms with van der Waals surface area (Å²) in [6, 6.07) is 25.4. The van der Waals surface area contributed by atoms with Crippen LogP contribution in [-0.4, -0.2) is 0 Å². The molecule has 0 nitrogen and oxygen atoms in total. The summed E-state index contributed by atoms with van der Waals surface area (Å²) in [5.74, 6) is 0. The Hall–Kier alpha value is -2.34. The second-order valence-electron chi connectivity index (χ2n) is 6.46. The van der Waals surface area contributed by atoms with E-state index in [0.29, 0.717) is 0 Å². The number of benzene rings is 3. The summed E-state index contributed by atoms with van der Waals surface area (Å²) in [6.07, 6.45) is 0. The van der Waals surface area contributed by atoms with Gasteiger partial charge in [0.1, 0.15) is 0 Å². The Morgan fingerprint density at radius 3 is 0.393 bits per heavy atom. The lowest BCUT2D eigenvalue weighted by Gasteiger charge is -1.90. The Kier molecular flexibility index (Phi) is 18.0. The molecule has 0 saturated heterocycles. The fourth-order valence-electron chi connectivity index (χ4n) is 1.91. The van der Waals surface area contributed by atoms with E-state index < -0.39 is 0 Å². The summed E-state index contributed by atoms with van der Waals surface area (Å²) in [7, 11) is 0. The zero-order valence-corrected chi connectivity index (χ0v) is 19.9. The normalized spacial score (nSPS) is 8.36. The predicted octanol–water partition coefficient (Wildman–Crippen LogP) is 8.96. The molecule has 0 aliphatic rings. The van der Waals surface area contributed by atoms with E-state index in [0.717, 1.165) is 0 Å². The number of aryl methyl sites for hydroxylation is 6. The second kappa shape index (κ2) is 18.0. The summed E-state index contributed by atoms with van der Waals surface area (Å²) in [6.45, 7) is 20.6. The molecular formula is C28H42. The molecule has 3 aromatic rings. The van der Waals surface area contributed by atoms with Gasteiger partial charge in [-0.25, -0.2) is 0 Å². The number of hydrogen-bond acceptors (Lipinski definition) is 0. The van der Waals surface area contributed by atoms with Gasteiger partial charge < -0.3 is 0 Å². The Bertz CT molecular complexity index is 520. The van der Waals surface area contributed by atoms with E-state index in [1.54, 1.807) is 0 Å². The molecular weight excluding hydrogens is 336 g/mol. The van der Waals surface area contributed by atoms with Crippen LogP contribution in [0.4, 0.5) is 0 Å². The van der Waals surface area contributed by atoms with Gasteiger partial charge in [0.25, 0.3) is 0 Å². The molecule has 0 N–H and O–H groups in total. The molecule has 0 spiro atoms. The van der Waals surface area contributed by atoms with Crippen LogP contribution < -0.4 is 0 Å². The van der Waals surface area contributed by atoms with Crippen molar-refractivity contribution >= 4 is 0 Å². The van der Waals surface area contributed by atoms with Crippen molar-refractivity contribution in [1.29, 1.82) is 0 Å². The molecule has 28 heavy (non-hydrogen) atoms. The van der Waals surface area contributed by atoms with E-state index in [1.165, 1.54) is 33.4 Å². The Morgan fingerprint density at radius 1 is 0.250 bits per heavy atom. The third kappa shape index (κ3) is 15.9. The van der Waals surface area contributed by atoms with Crippen molar-refractivity contribution in [1.82, 2.24) is 0 Å². The largest absolute Gasteiger partial charge is 0.0683 e. The summed E-state index contributed by atoms with van der Waals surface area (Å²) in [5.41, 5.74) is 7.98. The fourth-order valence-corrected chi connectivity index (χ4v) is 1.91. The maximum absolute atomic E-state index is 2.12. The van der Waals surface area contributed by atoms with Gasteiger partial charge in [-0.2, -0.15) is 0 Å². The quantitative estimate of drug-likeness (QED) is 0.366. The van der Waals surface area contributed by atoms with Crippen molar-refractivity contribution in [3.05, 3.63) is 106 Å². The van der Waals surface area contributed by atoms with Gasteiger partial charge in [0.05, 0.1) is 0 Å². The Labute approximate surface area is 175 Å². The highest BCUT2D eigenvalue weighted by Gasteiger charge is 1.81. The first-order valence-electron chi connectivity index (χ1n) is 10.5. The zero-order valence-electron chi connectivity index (χ0n) is 19.9. The number of rotatable bonds is 0. The highest BCUT2D eigenvalue weighted by molar-refractivity contribution is 5.20. The standard InChI is InChI=1S/3C8H10.2C2H6/c3*1-7-3-5-8(2)6-4-7;2*1-2/h3*3-6H,1-2H3;2*1-2H3. The van der Waals surface area contributed by atoms with Crippen LogP contribution in [0.25, 0.3) is 0 Å². The SMILES string of the molecule is CC.CC.Cc1ccc(C)cc1.Cc1ccc(C)cc1.Cc1ccc(C)cc1. The van der Waals surface area contributed by atoms with Crippen LogP contribution in [0.2, 0.25) is 0 Å². The third-order valence-electron chi connectivity index (χ3n) is 3.65. The predicted molar refractivity (Wildman–Crippen MR) is 130 cm³/mol. The Morgan fingerprint density at radius 2 is 0.321 bits per heavy atom. The monoisotopic (exact) mass is 378 g/mol. The van der Waals surface area contributed by atoms with Crippen molar-refractivity contribution in [2.24, 2.45) is 0 Å². The molecule has 0 unspecified atom stereocenters. The fraction of sp³-hybridized carbons (Fsp3) is 0.357. The van der Waals surface area contributed by atoms with Gasteiger partial charge >= 0.3 is 0 Å². The summed E-state index contributed by atoms with van der Waals surface area (Å²) in [4.78, 5) is 0. The minimum Gasteiger partial charge on any atom is -0.0683 e. The smallest absolute Gasteiger partial charge is 0.0398 e. The molecule has 0 aromatic heterocycles. The first-order chi connectivity index (χ1) is 13.4. The minimum absolute atomic E-state index is 1.33. The van der Waals surface area contributed by atoms with Crippen molar-refractivity contribution in [3.8, 4) is 0 Å². The molecule has 0 radical (unpaired) electrons. The molecule has 0 bridgehead atoms. The van der Waals surface area contributed by atoms with Gasteiger partial charge in [-0.3, -0.25) is 0 Å². The van der Waals surface area contributed by atoms with Crippen LogP contribution in [0.5, 0.6) is 0 Å². The Balaban J connectivity index is 0. The molecule has 0 heterocycles. The molecule has 0 atom stereocenters. The number of hydrogen-bond donors (Lipinski definition) is 0. The van der Waals surface area contributed by atoms with E-state index >= 15 is 0 Å². The maximum Gasteiger partial charge on any atom is -0.0398 e. The third-order valence-corrected chi connectivity index (χ3v) is 3.65. The van der Waals surface area contributed by atoms with Crippen LogP contribution in [0, 0.1) is 41.5 Å². The van der Waals surface area contributed by atoms with E-state index in [2.05, 4.69) is 114 Å². The van der Waals surface area contributed by atoms with E-state index in [1.807, 2.05) is 27.7 Å². The first-order valence-corrected chi connectivity index (χ1v) is 10.5. The molecule has 0 aliphatic carbocycles. The molecule has 0 aliphatic heterocycles. The summed E-state index contributed by atoms with van der Waals surface area (Å²) < 4.78 is 0. The average molecular weight is 379 g/mol. The summed E-state index contributed by atoms with van der Waals surface area (Å²) in [5, 5.41) is 0. The van der Waals surface area contributed by atoms with Gasteiger partial charge in [0.2, 0.25) is 0 Å². The first kappa shape index (κ1) is 27.9. The van der Waals surface area contributed by atoms with E-state index in [4.69, 9.17) is 0 Å². The van der Waals surface area contributed by atoms with E-state index in [9.17, 15) is 0 Å². The van der Waals surface area contributed by atoms with Crippen LogP contribution in [0.1, 0.15) is 61.1 Å². The zero-order chi connectivity index (χ0) is 21.9.